The number of amides is 2. The van der Waals surface area contributed by atoms with Crippen molar-refractivity contribution in [3.05, 3.63) is 0 Å². The first-order valence-corrected chi connectivity index (χ1v) is 7.69. The Morgan fingerprint density at radius 3 is 1.46 bits per heavy atom. The number of terminal acetylenes is 1. The molecule has 0 aromatic rings. The average molecular weight is 360 g/mol. The van der Waals surface area contributed by atoms with E-state index >= 15 is 0 Å². The molecule has 130 valence electrons. The van der Waals surface area contributed by atoms with Gasteiger partial charge in [-0.15, -0.1) is 6.42 Å². The molecular weight excluding hydrogens is 348 g/mol. The first-order valence-electron chi connectivity index (χ1n) is 7.69. The molecule has 0 aliphatic heterocycles. The summed E-state index contributed by atoms with van der Waals surface area (Å²) in [6, 6.07) is 2.40. The summed E-state index contributed by atoms with van der Waals surface area (Å²) in [7, 11) is 0. The van der Waals surface area contributed by atoms with Gasteiger partial charge in [-0.25, -0.2) is 0 Å². The molecule has 28 heavy (non-hydrogen) atoms. The second kappa shape index (κ2) is 18.3. The third kappa shape index (κ3) is 19.0. The molecule has 2 amide bonds. The van der Waals surface area contributed by atoms with Gasteiger partial charge in [-0.1, -0.05) is 0 Å². The zero-order valence-corrected chi connectivity index (χ0v) is 14.8. The summed E-state index contributed by atoms with van der Waals surface area (Å²) in [6.45, 7) is 0. The van der Waals surface area contributed by atoms with Gasteiger partial charge in [-0.3, -0.25) is 14.9 Å². The topological polar surface area (TPSA) is 72.2 Å². The Labute approximate surface area is 165 Å². The molecular formula is C24H12N2O2. The molecule has 0 aliphatic rings. The Balaban J connectivity index is 4.18. The van der Waals surface area contributed by atoms with Gasteiger partial charge in [0.05, 0.1) is 0 Å². The Morgan fingerprint density at radius 1 is 0.643 bits per heavy atom. The maximum atomic E-state index is 11.4. The molecule has 0 aliphatic carbocycles. The van der Waals surface area contributed by atoms with E-state index in [-0.39, 0.29) is 24.7 Å². The molecule has 0 bridgehead atoms. The fourth-order valence-corrected chi connectivity index (χ4v) is 1.22. The molecule has 3 N–H and O–H groups in total. The molecule has 0 fully saturated rings. The highest BCUT2D eigenvalue weighted by Gasteiger charge is 1.99. The predicted molar refractivity (Wildman–Crippen MR) is 107 cm³/mol. The van der Waals surface area contributed by atoms with E-state index < -0.39 is 0 Å². The second-order valence-corrected chi connectivity index (χ2v) is 4.37. The molecule has 4 nitrogen and oxygen atoms in total. The summed E-state index contributed by atoms with van der Waals surface area (Å²) in [5.41, 5.74) is 5.00. The molecule has 0 aromatic carbocycles. The van der Waals surface area contributed by atoms with Crippen molar-refractivity contribution in [3.8, 4) is 107 Å². The molecule has 0 atom stereocenters. The van der Waals surface area contributed by atoms with Crippen LogP contribution in [0.1, 0.15) is 25.7 Å². The number of unbranched alkanes of at least 4 members (excludes halogenated alkanes) is 1. The van der Waals surface area contributed by atoms with Crippen LogP contribution in [0.5, 0.6) is 0 Å². The maximum absolute atomic E-state index is 11.4. The smallest absolute Gasteiger partial charge is 0.231 e. The van der Waals surface area contributed by atoms with Gasteiger partial charge in [0.15, 0.2) is 0 Å². The zero-order valence-electron chi connectivity index (χ0n) is 14.8. The van der Waals surface area contributed by atoms with Gasteiger partial charge < -0.3 is 5.73 Å². The van der Waals surface area contributed by atoms with Crippen molar-refractivity contribution in [1.29, 1.82) is 0 Å². The predicted octanol–water partition coefficient (Wildman–Crippen LogP) is -0.234. The number of rotatable bonds is 5. The normalized spacial score (nSPS) is 5.96. The van der Waals surface area contributed by atoms with E-state index in [1.165, 1.54) is 0 Å². The van der Waals surface area contributed by atoms with E-state index in [0.717, 1.165) is 0 Å². The van der Waals surface area contributed by atoms with Crippen molar-refractivity contribution < 1.29 is 9.59 Å². The number of hydrogen-bond acceptors (Lipinski definition) is 2. The van der Waals surface area contributed by atoms with Crippen LogP contribution in [0, 0.1) is 107 Å². The highest BCUT2D eigenvalue weighted by Crippen LogP contribution is 1.98. The minimum atomic E-state index is -0.379. The van der Waals surface area contributed by atoms with Crippen molar-refractivity contribution in [1.82, 2.24) is 5.32 Å². The van der Waals surface area contributed by atoms with Gasteiger partial charge in [-0.2, -0.15) is 0 Å². The highest BCUT2D eigenvalue weighted by atomic mass is 16.1. The van der Waals surface area contributed by atoms with Crippen LogP contribution < -0.4 is 11.1 Å². The number of hydrogen-bond donors (Lipinski definition) is 2. The largest absolute Gasteiger partial charge is 0.370 e. The summed E-state index contributed by atoms with van der Waals surface area (Å²) in [4.78, 5) is 21.9. The van der Waals surface area contributed by atoms with Crippen LogP contribution in [0.4, 0.5) is 0 Å². The third-order valence-corrected chi connectivity index (χ3v) is 2.29. The van der Waals surface area contributed by atoms with Gasteiger partial charge in [0.1, 0.15) is 0 Å². The SMILES string of the molecule is C#CC#CC#CC#CC#CC#CC#CC#CC#CNC(=O)CCCCC(N)=O. The number of nitrogens with two attached hydrogens (primary N) is 1. The summed E-state index contributed by atoms with van der Waals surface area (Å²) in [6.07, 6.45) is 6.58. The Morgan fingerprint density at radius 2 is 1.04 bits per heavy atom. The fourth-order valence-electron chi connectivity index (χ4n) is 1.22. The summed E-state index contributed by atoms with van der Waals surface area (Å²) in [5, 5.41) is 2.37. The van der Waals surface area contributed by atoms with E-state index in [9.17, 15) is 9.59 Å². The van der Waals surface area contributed by atoms with Crippen molar-refractivity contribution in [2.45, 2.75) is 25.7 Å². The molecule has 0 rings (SSSR count). The van der Waals surface area contributed by atoms with Crippen molar-refractivity contribution in [3.63, 3.8) is 0 Å². The third-order valence-electron chi connectivity index (χ3n) is 2.29. The molecule has 0 aromatic heterocycles. The maximum Gasteiger partial charge on any atom is 0.231 e. The summed E-state index contributed by atoms with van der Waals surface area (Å²) >= 11 is 0. The fraction of sp³-hybridized carbons (Fsp3) is 0.167. The molecule has 0 heterocycles. The summed E-state index contributed by atoms with van der Waals surface area (Å²) < 4.78 is 0. The van der Waals surface area contributed by atoms with Crippen LogP contribution >= 0.6 is 0 Å². The van der Waals surface area contributed by atoms with Crippen LogP contribution in [-0.2, 0) is 9.59 Å². The highest BCUT2D eigenvalue weighted by molar-refractivity contribution is 5.78. The summed E-state index contributed by atoms with van der Waals surface area (Å²) in [5.74, 6) is 38.1. The minimum absolute atomic E-state index is 0.246. The van der Waals surface area contributed by atoms with E-state index in [2.05, 4.69) is 106 Å². The van der Waals surface area contributed by atoms with Crippen molar-refractivity contribution >= 4 is 11.8 Å². The molecule has 0 saturated heterocycles. The lowest BCUT2D eigenvalue weighted by atomic mass is 10.2. The number of carbonyl (C=O) groups is 2. The quantitative estimate of drug-likeness (QED) is 0.404. The van der Waals surface area contributed by atoms with Gasteiger partial charge in [0.2, 0.25) is 11.8 Å². The standard InChI is InChI=1S/C24H12N2O2/c1-2-3-4-5-6-7-8-9-10-11-12-13-14-15-16-19-22-26-24(28)21-18-17-20-23(25)27/h1H,17-18,20-21H2,(H2,25,27)(H,26,28). The Hall–Kier alpha value is -5.02. The van der Waals surface area contributed by atoms with Crippen LogP contribution in [0.15, 0.2) is 0 Å². The molecule has 0 unspecified atom stereocenters. The van der Waals surface area contributed by atoms with E-state index in [0.29, 0.717) is 12.8 Å². The first kappa shape index (κ1) is 23.0. The van der Waals surface area contributed by atoms with E-state index in [1.54, 1.807) is 0 Å². The lowest BCUT2D eigenvalue weighted by Gasteiger charge is -1.97. The Kier molecular flexibility index (Phi) is 15.0. The minimum Gasteiger partial charge on any atom is -0.370 e. The Bertz CT molecular complexity index is 1140. The first-order chi connectivity index (χ1) is 13.7. The lowest BCUT2D eigenvalue weighted by molar-refractivity contribution is -0.121. The monoisotopic (exact) mass is 360 g/mol. The molecule has 0 spiro atoms. The number of nitrogens with one attached hydrogen (secondary N) is 1. The van der Waals surface area contributed by atoms with Gasteiger partial charge in [0.25, 0.3) is 0 Å². The van der Waals surface area contributed by atoms with E-state index in [4.69, 9.17) is 12.2 Å². The van der Waals surface area contributed by atoms with Crippen LogP contribution in [-0.4, -0.2) is 11.8 Å². The molecule has 0 saturated carbocycles. The molecule has 0 radical (unpaired) electrons. The van der Waals surface area contributed by atoms with Crippen LogP contribution in [0.25, 0.3) is 0 Å². The van der Waals surface area contributed by atoms with Gasteiger partial charge in [-0.05, 0) is 60.2 Å². The van der Waals surface area contributed by atoms with E-state index in [1.807, 2.05) is 0 Å². The van der Waals surface area contributed by atoms with Gasteiger partial charge >= 0.3 is 0 Å². The van der Waals surface area contributed by atoms with Crippen molar-refractivity contribution in [2.24, 2.45) is 5.73 Å². The second-order valence-electron chi connectivity index (χ2n) is 4.37. The average Bonchev–Trinajstić information content (AvgIpc) is 2.67. The molecule has 4 heteroatoms. The zero-order chi connectivity index (χ0) is 20.7. The number of primary amides is 1. The van der Waals surface area contributed by atoms with Crippen LogP contribution in [0.2, 0.25) is 0 Å². The van der Waals surface area contributed by atoms with Crippen LogP contribution in [0.3, 0.4) is 0 Å². The number of carbonyl (C=O) groups excluding carboxylic acids is 2. The lowest BCUT2D eigenvalue weighted by Crippen LogP contribution is -2.17. The van der Waals surface area contributed by atoms with Gasteiger partial charge in [0, 0.05) is 66.2 Å². The van der Waals surface area contributed by atoms with Crippen molar-refractivity contribution in [2.75, 3.05) is 0 Å².